The van der Waals surface area contributed by atoms with Crippen LogP contribution in [0, 0.1) is 6.92 Å². The fourth-order valence-electron chi connectivity index (χ4n) is 1.18. The monoisotopic (exact) mass is 187 g/mol. The van der Waals surface area contributed by atoms with Crippen molar-refractivity contribution in [2.45, 2.75) is 6.92 Å². The van der Waals surface area contributed by atoms with E-state index in [4.69, 9.17) is 0 Å². The molecule has 0 saturated carbocycles. The molecule has 0 fully saturated rings. The first-order chi connectivity index (χ1) is 6.77. The molecule has 2 aromatic rings. The standard InChI is InChI=1S/C11H9NO2/c1-8-2-4-9(5-3-8)11(13)10-6-7-14-12-10/h2-7H,1H3. The number of carbonyl (C=O) groups excluding carboxylic acids is 1. The van der Waals surface area contributed by atoms with Crippen LogP contribution in [0.3, 0.4) is 0 Å². The van der Waals surface area contributed by atoms with Gasteiger partial charge in [0.15, 0.2) is 5.69 Å². The van der Waals surface area contributed by atoms with Gasteiger partial charge in [0.1, 0.15) is 6.26 Å². The molecule has 14 heavy (non-hydrogen) atoms. The first kappa shape index (κ1) is 8.69. The average molecular weight is 187 g/mol. The topological polar surface area (TPSA) is 43.1 Å². The predicted molar refractivity (Wildman–Crippen MR) is 51.1 cm³/mol. The van der Waals surface area contributed by atoms with Crippen molar-refractivity contribution < 1.29 is 9.32 Å². The van der Waals surface area contributed by atoms with Gasteiger partial charge in [-0.15, -0.1) is 0 Å². The Kier molecular flexibility index (Phi) is 2.14. The lowest BCUT2D eigenvalue weighted by Gasteiger charge is -1.96. The Hall–Kier alpha value is -1.90. The van der Waals surface area contributed by atoms with Crippen LogP contribution in [0.1, 0.15) is 21.6 Å². The number of ketones is 1. The maximum absolute atomic E-state index is 11.7. The number of rotatable bonds is 2. The van der Waals surface area contributed by atoms with E-state index >= 15 is 0 Å². The number of aromatic nitrogens is 1. The fourth-order valence-corrected chi connectivity index (χ4v) is 1.18. The number of hydrogen-bond donors (Lipinski definition) is 0. The van der Waals surface area contributed by atoms with E-state index in [1.54, 1.807) is 18.2 Å². The summed E-state index contributed by atoms with van der Waals surface area (Å²) < 4.78 is 4.61. The van der Waals surface area contributed by atoms with E-state index in [1.807, 2.05) is 19.1 Å². The smallest absolute Gasteiger partial charge is 0.214 e. The SMILES string of the molecule is Cc1ccc(C(=O)c2ccon2)cc1. The minimum absolute atomic E-state index is 0.112. The number of nitrogens with zero attached hydrogens (tertiary/aromatic N) is 1. The van der Waals surface area contributed by atoms with Gasteiger partial charge in [-0.25, -0.2) is 0 Å². The molecule has 0 aliphatic heterocycles. The highest BCUT2D eigenvalue weighted by molar-refractivity contribution is 6.07. The number of hydrogen-bond acceptors (Lipinski definition) is 3. The summed E-state index contributed by atoms with van der Waals surface area (Å²) in [5, 5.41) is 3.59. The largest absolute Gasteiger partial charge is 0.364 e. The third kappa shape index (κ3) is 1.57. The van der Waals surface area contributed by atoms with Crippen LogP contribution in [-0.4, -0.2) is 10.9 Å². The van der Waals surface area contributed by atoms with Gasteiger partial charge in [-0.05, 0) is 6.92 Å². The van der Waals surface area contributed by atoms with Crippen LogP contribution in [-0.2, 0) is 0 Å². The quantitative estimate of drug-likeness (QED) is 0.677. The van der Waals surface area contributed by atoms with Gasteiger partial charge >= 0.3 is 0 Å². The summed E-state index contributed by atoms with van der Waals surface area (Å²) >= 11 is 0. The molecule has 0 amide bonds. The van der Waals surface area contributed by atoms with Crippen molar-refractivity contribution in [1.82, 2.24) is 5.16 Å². The van der Waals surface area contributed by atoms with Crippen LogP contribution in [0.2, 0.25) is 0 Å². The molecular formula is C11H9NO2. The lowest BCUT2D eigenvalue weighted by atomic mass is 10.1. The summed E-state index contributed by atoms with van der Waals surface area (Å²) in [5.41, 5.74) is 2.10. The van der Waals surface area contributed by atoms with Crippen molar-refractivity contribution in [3.63, 3.8) is 0 Å². The summed E-state index contributed by atoms with van der Waals surface area (Å²) in [6.45, 7) is 1.98. The molecule has 0 N–H and O–H groups in total. The Morgan fingerprint density at radius 1 is 1.21 bits per heavy atom. The van der Waals surface area contributed by atoms with Crippen LogP contribution < -0.4 is 0 Å². The van der Waals surface area contributed by atoms with Crippen molar-refractivity contribution in [2.75, 3.05) is 0 Å². The molecule has 0 spiro atoms. The fraction of sp³-hybridized carbons (Fsp3) is 0.0909. The minimum atomic E-state index is -0.112. The lowest BCUT2D eigenvalue weighted by Crippen LogP contribution is -2.00. The van der Waals surface area contributed by atoms with Crippen LogP contribution in [0.4, 0.5) is 0 Å². The predicted octanol–water partition coefficient (Wildman–Crippen LogP) is 2.21. The molecule has 0 unspecified atom stereocenters. The Labute approximate surface area is 81.3 Å². The molecule has 1 aromatic heterocycles. The Balaban J connectivity index is 2.33. The Bertz CT molecular complexity index is 429. The first-order valence-electron chi connectivity index (χ1n) is 4.29. The molecule has 0 radical (unpaired) electrons. The molecule has 3 nitrogen and oxygen atoms in total. The van der Waals surface area contributed by atoms with Crippen molar-refractivity contribution >= 4 is 5.78 Å². The van der Waals surface area contributed by atoms with E-state index in [1.165, 1.54) is 6.26 Å². The molecule has 0 bridgehead atoms. The van der Waals surface area contributed by atoms with Crippen molar-refractivity contribution in [3.8, 4) is 0 Å². The van der Waals surface area contributed by atoms with Crippen molar-refractivity contribution in [1.29, 1.82) is 0 Å². The molecule has 2 rings (SSSR count). The van der Waals surface area contributed by atoms with Crippen LogP contribution in [0.25, 0.3) is 0 Å². The zero-order chi connectivity index (χ0) is 9.97. The third-order valence-corrected chi connectivity index (χ3v) is 1.98. The lowest BCUT2D eigenvalue weighted by molar-refractivity contribution is 0.103. The molecular weight excluding hydrogens is 178 g/mol. The van der Waals surface area contributed by atoms with Gasteiger partial charge in [-0.3, -0.25) is 4.79 Å². The molecule has 70 valence electrons. The van der Waals surface area contributed by atoms with Gasteiger partial charge in [-0.1, -0.05) is 35.0 Å². The summed E-state index contributed by atoms with van der Waals surface area (Å²) in [6.07, 6.45) is 1.39. The summed E-state index contributed by atoms with van der Waals surface area (Å²) in [5.74, 6) is -0.112. The normalized spacial score (nSPS) is 10.1. The van der Waals surface area contributed by atoms with Crippen LogP contribution in [0.15, 0.2) is 41.1 Å². The summed E-state index contributed by atoms with van der Waals surface area (Å²) in [4.78, 5) is 11.7. The molecule has 1 heterocycles. The summed E-state index contributed by atoms with van der Waals surface area (Å²) in [6, 6.07) is 8.92. The van der Waals surface area contributed by atoms with Gasteiger partial charge in [0.25, 0.3) is 0 Å². The molecule has 0 saturated heterocycles. The molecule has 1 aromatic carbocycles. The maximum Gasteiger partial charge on any atom is 0.214 e. The second-order valence-corrected chi connectivity index (χ2v) is 3.08. The van der Waals surface area contributed by atoms with Gasteiger partial charge < -0.3 is 4.52 Å². The van der Waals surface area contributed by atoms with E-state index in [0.717, 1.165) is 5.56 Å². The zero-order valence-corrected chi connectivity index (χ0v) is 7.73. The number of aryl methyl sites for hydroxylation is 1. The summed E-state index contributed by atoms with van der Waals surface area (Å²) in [7, 11) is 0. The average Bonchev–Trinajstić information content (AvgIpc) is 2.71. The Morgan fingerprint density at radius 2 is 1.93 bits per heavy atom. The van der Waals surface area contributed by atoms with E-state index in [0.29, 0.717) is 11.3 Å². The molecule has 0 atom stereocenters. The highest BCUT2D eigenvalue weighted by atomic mass is 16.5. The second kappa shape index (κ2) is 3.46. The third-order valence-electron chi connectivity index (χ3n) is 1.98. The zero-order valence-electron chi connectivity index (χ0n) is 7.73. The number of benzene rings is 1. The minimum Gasteiger partial charge on any atom is -0.364 e. The Morgan fingerprint density at radius 3 is 2.50 bits per heavy atom. The van der Waals surface area contributed by atoms with E-state index in [-0.39, 0.29) is 5.78 Å². The van der Waals surface area contributed by atoms with E-state index in [9.17, 15) is 4.79 Å². The van der Waals surface area contributed by atoms with Gasteiger partial charge in [-0.2, -0.15) is 0 Å². The highest BCUT2D eigenvalue weighted by Crippen LogP contribution is 2.08. The van der Waals surface area contributed by atoms with Crippen molar-refractivity contribution in [3.05, 3.63) is 53.4 Å². The molecule has 0 aliphatic rings. The molecule has 0 aliphatic carbocycles. The maximum atomic E-state index is 11.7. The van der Waals surface area contributed by atoms with Gasteiger partial charge in [0.05, 0.1) is 0 Å². The van der Waals surface area contributed by atoms with E-state index < -0.39 is 0 Å². The molecule has 3 heteroatoms. The van der Waals surface area contributed by atoms with Crippen LogP contribution >= 0.6 is 0 Å². The first-order valence-corrected chi connectivity index (χ1v) is 4.29. The van der Waals surface area contributed by atoms with Crippen LogP contribution in [0.5, 0.6) is 0 Å². The van der Waals surface area contributed by atoms with Gasteiger partial charge in [0, 0.05) is 11.6 Å². The van der Waals surface area contributed by atoms with Crippen molar-refractivity contribution in [2.24, 2.45) is 0 Å². The highest BCUT2D eigenvalue weighted by Gasteiger charge is 2.10. The van der Waals surface area contributed by atoms with E-state index in [2.05, 4.69) is 9.68 Å². The number of carbonyl (C=O) groups is 1. The second-order valence-electron chi connectivity index (χ2n) is 3.08. The van der Waals surface area contributed by atoms with Gasteiger partial charge in [0.2, 0.25) is 5.78 Å².